The van der Waals surface area contributed by atoms with Crippen LogP contribution in [-0.2, 0) is 0 Å². The van der Waals surface area contributed by atoms with Crippen LogP contribution in [0.4, 0.5) is 0 Å². The second-order valence-electron chi connectivity index (χ2n) is 8.02. The van der Waals surface area contributed by atoms with Gasteiger partial charge in [-0.3, -0.25) is 4.79 Å². The first-order valence-electron chi connectivity index (χ1n) is 11.1. The molecule has 4 aromatic carbocycles. The average Bonchev–Trinajstić information content (AvgIpc) is 2.92. The molecule has 4 heteroatoms. The monoisotopic (exact) mass is 464 g/mol. The minimum absolute atomic E-state index is 0.694. The van der Waals surface area contributed by atoms with Gasteiger partial charge in [-0.25, -0.2) is 0 Å². The molecule has 3 nitrogen and oxygen atoms in total. The molecule has 0 N–H and O–H groups in total. The van der Waals surface area contributed by atoms with E-state index >= 15 is 0 Å². The molecule has 0 unspecified atom stereocenters. The second kappa shape index (κ2) is 9.62. The van der Waals surface area contributed by atoms with E-state index in [4.69, 9.17) is 9.47 Å². The van der Waals surface area contributed by atoms with Crippen molar-refractivity contribution in [1.29, 1.82) is 0 Å². The fraction of sp³-hybridized carbons (Fsp3) is 0.100. The number of fused-ring (bicyclic) bond motifs is 1. The zero-order valence-electron chi connectivity index (χ0n) is 19.1. The van der Waals surface area contributed by atoms with Gasteiger partial charge in [0, 0.05) is 16.2 Å². The van der Waals surface area contributed by atoms with Crippen molar-refractivity contribution in [2.75, 3.05) is 20.0 Å². The van der Waals surface area contributed by atoms with Gasteiger partial charge in [0.15, 0.2) is 6.29 Å². The lowest BCUT2D eigenvalue weighted by molar-refractivity contribution is 0.112. The maximum Gasteiger partial charge on any atom is 0.150 e. The number of carbonyl (C=O) groups is 1. The largest absolute Gasteiger partial charge is 0.497 e. The summed E-state index contributed by atoms with van der Waals surface area (Å²) in [5.41, 5.74) is 8.69. The maximum atomic E-state index is 11.5. The molecular weight excluding hydrogens is 440 g/mol. The predicted molar refractivity (Wildman–Crippen MR) is 140 cm³/mol. The summed E-state index contributed by atoms with van der Waals surface area (Å²) < 4.78 is 10.8. The van der Waals surface area contributed by atoms with Crippen LogP contribution in [0.1, 0.15) is 27.0 Å². The van der Waals surface area contributed by atoms with Gasteiger partial charge in [-0.05, 0) is 69.3 Å². The summed E-state index contributed by atoms with van der Waals surface area (Å²) in [6.07, 6.45) is 0.912. The minimum atomic E-state index is 0.694. The Morgan fingerprint density at radius 3 is 2.06 bits per heavy atom. The summed E-state index contributed by atoms with van der Waals surface area (Å²) in [7, 11) is 3.38. The fourth-order valence-electron chi connectivity index (χ4n) is 4.37. The van der Waals surface area contributed by atoms with Crippen LogP contribution < -0.4 is 9.47 Å². The smallest absolute Gasteiger partial charge is 0.150 e. The number of hydrogen-bond donors (Lipinski definition) is 0. The van der Waals surface area contributed by atoms with Crippen LogP contribution in [-0.4, -0.2) is 26.3 Å². The Morgan fingerprint density at radius 2 is 1.35 bits per heavy atom. The van der Waals surface area contributed by atoms with Crippen LogP contribution >= 0.6 is 11.8 Å². The molecule has 1 aliphatic rings. The van der Waals surface area contributed by atoms with Gasteiger partial charge >= 0.3 is 0 Å². The Morgan fingerprint density at radius 1 is 0.706 bits per heavy atom. The highest BCUT2D eigenvalue weighted by molar-refractivity contribution is 7.99. The van der Waals surface area contributed by atoms with Gasteiger partial charge in [0.25, 0.3) is 0 Å². The molecule has 5 rings (SSSR count). The third-order valence-corrected chi connectivity index (χ3v) is 7.22. The standard InChI is InChI=1S/C30H24O3S/c1-32-24-13-11-21(12-14-24)28-19-34-29-17-25(33-2)15-16-27(29)30(28)22-9-7-20(8-10-22)26-6-4-3-5-23(26)18-31/h3-18H,19H2,1-2H3. The van der Waals surface area contributed by atoms with E-state index in [1.54, 1.807) is 14.2 Å². The molecule has 0 saturated carbocycles. The molecule has 34 heavy (non-hydrogen) atoms. The lowest BCUT2D eigenvalue weighted by Crippen LogP contribution is -2.04. The van der Waals surface area contributed by atoms with Crippen molar-refractivity contribution in [2.45, 2.75) is 4.90 Å². The zero-order chi connectivity index (χ0) is 23.5. The summed E-state index contributed by atoms with van der Waals surface area (Å²) >= 11 is 1.83. The number of hydrogen-bond acceptors (Lipinski definition) is 4. The van der Waals surface area contributed by atoms with Crippen molar-refractivity contribution in [3.05, 3.63) is 113 Å². The summed E-state index contributed by atoms with van der Waals surface area (Å²) in [6, 6.07) is 30.7. The molecule has 0 amide bonds. The number of methoxy groups -OCH3 is 2. The lowest BCUT2D eigenvalue weighted by atomic mass is 9.88. The van der Waals surface area contributed by atoms with Gasteiger partial charge in [-0.1, -0.05) is 60.7 Å². The van der Waals surface area contributed by atoms with Crippen LogP contribution in [0.5, 0.6) is 11.5 Å². The Labute approximate surface area is 204 Å². The van der Waals surface area contributed by atoms with Crippen LogP contribution in [0.2, 0.25) is 0 Å². The highest BCUT2D eigenvalue weighted by Crippen LogP contribution is 2.45. The Kier molecular flexibility index (Phi) is 6.24. The van der Waals surface area contributed by atoms with Crippen LogP contribution in [0, 0.1) is 0 Å². The SMILES string of the molecule is COc1ccc(C2=C(c3ccc(-c4ccccc4C=O)cc3)c3ccc(OC)cc3SC2)cc1. The van der Waals surface area contributed by atoms with Crippen molar-refractivity contribution in [2.24, 2.45) is 0 Å². The summed E-state index contributed by atoms with van der Waals surface area (Å²) in [4.78, 5) is 12.7. The van der Waals surface area contributed by atoms with E-state index in [0.717, 1.165) is 40.2 Å². The number of benzene rings is 4. The topological polar surface area (TPSA) is 35.5 Å². The van der Waals surface area contributed by atoms with E-state index in [-0.39, 0.29) is 0 Å². The number of rotatable bonds is 6. The Bertz CT molecular complexity index is 1370. The maximum absolute atomic E-state index is 11.5. The second-order valence-corrected chi connectivity index (χ2v) is 9.03. The molecule has 0 aromatic heterocycles. The summed E-state index contributed by atoms with van der Waals surface area (Å²) in [6.45, 7) is 0. The zero-order valence-corrected chi connectivity index (χ0v) is 19.9. The molecule has 4 aromatic rings. The normalized spacial score (nSPS) is 12.8. The molecule has 0 saturated heterocycles. The number of carbonyl (C=O) groups excluding carboxylic acids is 1. The molecule has 168 valence electrons. The molecule has 0 aliphatic carbocycles. The van der Waals surface area contributed by atoms with E-state index in [0.29, 0.717) is 5.56 Å². The van der Waals surface area contributed by atoms with E-state index in [1.807, 2.05) is 54.2 Å². The predicted octanol–water partition coefficient (Wildman–Crippen LogP) is 7.25. The first-order valence-corrected chi connectivity index (χ1v) is 12.0. The van der Waals surface area contributed by atoms with Gasteiger partial charge in [0.05, 0.1) is 14.2 Å². The number of ether oxygens (including phenoxy) is 2. The van der Waals surface area contributed by atoms with Gasteiger partial charge in [-0.2, -0.15) is 0 Å². The molecule has 0 radical (unpaired) electrons. The molecule has 0 bridgehead atoms. The lowest BCUT2D eigenvalue weighted by Gasteiger charge is -2.25. The van der Waals surface area contributed by atoms with E-state index < -0.39 is 0 Å². The Hall–Kier alpha value is -3.76. The minimum Gasteiger partial charge on any atom is -0.497 e. The van der Waals surface area contributed by atoms with Gasteiger partial charge < -0.3 is 9.47 Å². The van der Waals surface area contributed by atoms with Gasteiger partial charge in [0.2, 0.25) is 0 Å². The van der Waals surface area contributed by atoms with Crippen LogP contribution in [0.15, 0.2) is 95.9 Å². The quantitative estimate of drug-likeness (QED) is 0.282. The highest BCUT2D eigenvalue weighted by Gasteiger charge is 2.23. The summed E-state index contributed by atoms with van der Waals surface area (Å²) in [5, 5.41) is 0. The molecular formula is C30H24O3S. The van der Waals surface area contributed by atoms with Crippen molar-refractivity contribution < 1.29 is 14.3 Å². The molecule has 0 atom stereocenters. The van der Waals surface area contributed by atoms with Gasteiger partial charge in [0.1, 0.15) is 11.5 Å². The molecule has 1 aliphatic heterocycles. The fourth-order valence-corrected chi connectivity index (χ4v) is 5.50. The van der Waals surface area contributed by atoms with Crippen LogP contribution in [0.25, 0.3) is 22.3 Å². The first-order chi connectivity index (χ1) is 16.7. The van der Waals surface area contributed by atoms with E-state index in [1.165, 1.54) is 27.2 Å². The number of aldehydes is 1. The van der Waals surface area contributed by atoms with Crippen molar-refractivity contribution in [3.63, 3.8) is 0 Å². The highest BCUT2D eigenvalue weighted by atomic mass is 32.2. The third-order valence-electron chi connectivity index (χ3n) is 6.14. The number of thioether (sulfide) groups is 1. The van der Waals surface area contributed by atoms with Gasteiger partial charge in [-0.15, -0.1) is 11.8 Å². The first kappa shape index (κ1) is 22.1. The Balaban J connectivity index is 1.65. The third kappa shape index (κ3) is 4.13. The van der Waals surface area contributed by atoms with E-state index in [9.17, 15) is 4.79 Å². The summed E-state index contributed by atoms with van der Waals surface area (Å²) in [5.74, 6) is 2.56. The molecule has 0 fully saturated rings. The van der Waals surface area contributed by atoms with E-state index in [2.05, 4.69) is 48.5 Å². The average molecular weight is 465 g/mol. The van der Waals surface area contributed by atoms with Crippen LogP contribution in [0.3, 0.4) is 0 Å². The molecule has 1 heterocycles. The molecule has 0 spiro atoms. The van der Waals surface area contributed by atoms with Crippen molar-refractivity contribution >= 4 is 29.2 Å². The van der Waals surface area contributed by atoms with Crippen molar-refractivity contribution in [1.82, 2.24) is 0 Å². The van der Waals surface area contributed by atoms with Crippen molar-refractivity contribution in [3.8, 4) is 22.6 Å².